The number of aromatic amines is 1. The minimum absolute atomic E-state index is 0.807. The van der Waals surface area contributed by atoms with Gasteiger partial charge < -0.3 is 9.72 Å². The lowest BCUT2D eigenvalue weighted by atomic mass is 9.98. The molecule has 0 saturated carbocycles. The normalized spacial score (nSPS) is 13.9. The monoisotopic (exact) mass is 277 g/mol. The summed E-state index contributed by atoms with van der Waals surface area (Å²) in [6.45, 7) is 0.807. The minimum atomic E-state index is 0.807. The molecule has 0 unspecified atom stereocenters. The summed E-state index contributed by atoms with van der Waals surface area (Å²) >= 11 is 0. The fourth-order valence-corrected chi connectivity index (χ4v) is 2.90. The molecule has 0 atom stereocenters. The Balaban J connectivity index is 1.90. The van der Waals surface area contributed by atoms with Crippen molar-refractivity contribution in [3.8, 4) is 5.75 Å². The van der Waals surface area contributed by atoms with E-state index in [1.807, 2.05) is 30.5 Å². The van der Waals surface area contributed by atoms with Crippen LogP contribution in [-0.2, 0) is 6.42 Å². The second-order valence-electron chi connectivity index (χ2n) is 5.09. The summed E-state index contributed by atoms with van der Waals surface area (Å²) in [4.78, 5) is 12.5. The number of fused-ring (bicyclic) bond motifs is 3. The summed E-state index contributed by atoms with van der Waals surface area (Å²) in [6, 6.07) is 12.1. The zero-order chi connectivity index (χ0) is 14.2. The largest absolute Gasteiger partial charge is 0.497 e. The molecule has 4 heteroatoms. The molecule has 0 aliphatic carbocycles. The number of aliphatic imine (C=N–C) groups is 1. The Morgan fingerprint density at radius 2 is 2.14 bits per heavy atom. The molecule has 1 aliphatic heterocycles. The van der Waals surface area contributed by atoms with Crippen LogP contribution in [0.2, 0.25) is 0 Å². The Morgan fingerprint density at radius 1 is 1.19 bits per heavy atom. The van der Waals surface area contributed by atoms with Gasteiger partial charge in [-0.2, -0.15) is 0 Å². The van der Waals surface area contributed by atoms with E-state index in [2.05, 4.69) is 22.1 Å². The predicted molar refractivity (Wildman–Crippen MR) is 83.3 cm³/mol. The van der Waals surface area contributed by atoms with Gasteiger partial charge in [0.25, 0.3) is 0 Å². The highest BCUT2D eigenvalue weighted by Crippen LogP contribution is 2.27. The summed E-state index contributed by atoms with van der Waals surface area (Å²) in [5, 5.41) is 1.20. The SMILES string of the molecule is COc1cccc(C2=NCCc3c2[nH]c2ncccc32)c1. The molecule has 104 valence electrons. The van der Waals surface area contributed by atoms with E-state index in [1.54, 1.807) is 7.11 Å². The van der Waals surface area contributed by atoms with Gasteiger partial charge in [-0.15, -0.1) is 0 Å². The van der Waals surface area contributed by atoms with Gasteiger partial charge in [-0.05, 0) is 36.2 Å². The number of nitrogens with one attached hydrogen (secondary N) is 1. The standard InChI is InChI=1S/C17H15N3O/c1-21-12-5-2-4-11(10-12)15-16-13(7-9-18-15)14-6-3-8-19-17(14)20-16/h2-6,8,10H,7,9H2,1H3,(H,19,20). The topological polar surface area (TPSA) is 50.3 Å². The number of hydrogen-bond donors (Lipinski definition) is 1. The Morgan fingerprint density at radius 3 is 3.05 bits per heavy atom. The maximum absolute atomic E-state index is 5.32. The third-order valence-corrected chi connectivity index (χ3v) is 3.89. The molecule has 0 bridgehead atoms. The number of benzene rings is 1. The molecule has 3 heterocycles. The molecule has 1 aromatic carbocycles. The van der Waals surface area contributed by atoms with Gasteiger partial charge in [0.15, 0.2) is 0 Å². The molecule has 3 aromatic rings. The first-order valence-corrected chi connectivity index (χ1v) is 7.01. The van der Waals surface area contributed by atoms with Crippen LogP contribution in [0.1, 0.15) is 16.8 Å². The number of pyridine rings is 1. The Kier molecular flexibility index (Phi) is 2.74. The molecule has 0 spiro atoms. The van der Waals surface area contributed by atoms with Crippen molar-refractivity contribution in [3.63, 3.8) is 0 Å². The number of aromatic nitrogens is 2. The lowest BCUT2D eigenvalue weighted by Gasteiger charge is -2.14. The number of hydrogen-bond acceptors (Lipinski definition) is 3. The summed E-state index contributed by atoms with van der Waals surface area (Å²) < 4.78 is 5.32. The van der Waals surface area contributed by atoms with Gasteiger partial charge >= 0.3 is 0 Å². The highest BCUT2D eigenvalue weighted by molar-refractivity contribution is 6.15. The van der Waals surface area contributed by atoms with Gasteiger partial charge in [-0.3, -0.25) is 4.99 Å². The maximum Gasteiger partial charge on any atom is 0.138 e. The Labute approximate surface area is 122 Å². The maximum atomic E-state index is 5.32. The third kappa shape index (κ3) is 1.91. The van der Waals surface area contributed by atoms with Crippen LogP contribution in [0.5, 0.6) is 5.75 Å². The smallest absolute Gasteiger partial charge is 0.138 e. The van der Waals surface area contributed by atoms with Crippen LogP contribution in [0, 0.1) is 0 Å². The first kappa shape index (κ1) is 12.1. The van der Waals surface area contributed by atoms with Crippen molar-refractivity contribution < 1.29 is 4.74 Å². The number of ether oxygens (including phenoxy) is 1. The average molecular weight is 277 g/mol. The predicted octanol–water partition coefficient (Wildman–Crippen LogP) is 2.97. The number of nitrogens with zero attached hydrogens (tertiary/aromatic N) is 2. The number of rotatable bonds is 2. The lowest BCUT2D eigenvalue weighted by Crippen LogP contribution is -2.13. The highest BCUT2D eigenvalue weighted by atomic mass is 16.5. The van der Waals surface area contributed by atoms with Crippen molar-refractivity contribution in [2.75, 3.05) is 13.7 Å². The van der Waals surface area contributed by atoms with E-state index in [-0.39, 0.29) is 0 Å². The van der Waals surface area contributed by atoms with Crippen LogP contribution in [0.25, 0.3) is 11.0 Å². The van der Waals surface area contributed by atoms with E-state index < -0.39 is 0 Å². The summed E-state index contributed by atoms with van der Waals surface area (Å²) in [5.41, 5.74) is 5.39. The minimum Gasteiger partial charge on any atom is -0.497 e. The van der Waals surface area contributed by atoms with Crippen molar-refractivity contribution in [1.82, 2.24) is 9.97 Å². The van der Waals surface area contributed by atoms with E-state index in [0.717, 1.165) is 41.3 Å². The molecule has 0 fully saturated rings. The summed E-state index contributed by atoms with van der Waals surface area (Å²) in [7, 11) is 1.68. The van der Waals surface area contributed by atoms with Crippen molar-refractivity contribution >= 4 is 16.7 Å². The number of methoxy groups -OCH3 is 1. The van der Waals surface area contributed by atoms with Crippen LogP contribution < -0.4 is 4.74 Å². The Bertz CT molecular complexity index is 848. The summed E-state index contributed by atoms with van der Waals surface area (Å²) in [6.07, 6.45) is 2.77. The molecule has 0 saturated heterocycles. The van der Waals surface area contributed by atoms with E-state index in [4.69, 9.17) is 9.73 Å². The van der Waals surface area contributed by atoms with Crippen LogP contribution in [0.4, 0.5) is 0 Å². The van der Waals surface area contributed by atoms with Gasteiger partial charge in [-0.25, -0.2) is 4.98 Å². The van der Waals surface area contributed by atoms with Gasteiger partial charge in [0.05, 0.1) is 18.5 Å². The fourth-order valence-electron chi connectivity index (χ4n) is 2.90. The molecule has 21 heavy (non-hydrogen) atoms. The van der Waals surface area contributed by atoms with Crippen molar-refractivity contribution in [2.24, 2.45) is 4.99 Å². The second-order valence-corrected chi connectivity index (χ2v) is 5.09. The van der Waals surface area contributed by atoms with Gasteiger partial charge in [0.1, 0.15) is 11.4 Å². The summed E-state index contributed by atoms with van der Waals surface area (Å²) in [5.74, 6) is 0.844. The molecule has 1 aliphatic rings. The zero-order valence-corrected chi connectivity index (χ0v) is 11.8. The highest BCUT2D eigenvalue weighted by Gasteiger charge is 2.21. The van der Waals surface area contributed by atoms with E-state index in [9.17, 15) is 0 Å². The van der Waals surface area contributed by atoms with Gasteiger partial charge in [-0.1, -0.05) is 12.1 Å². The molecule has 4 nitrogen and oxygen atoms in total. The molecule has 0 amide bonds. The van der Waals surface area contributed by atoms with Crippen LogP contribution in [0.15, 0.2) is 47.6 Å². The van der Waals surface area contributed by atoms with Crippen LogP contribution in [0.3, 0.4) is 0 Å². The first-order chi connectivity index (χ1) is 10.4. The molecule has 0 radical (unpaired) electrons. The van der Waals surface area contributed by atoms with E-state index in [1.165, 1.54) is 10.9 Å². The van der Waals surface area contributed by atoms with Crippen LogP contribution in [-0.4, -0.2) is 29.3 Å². The average Bonchev–Trinajstić information content (AvgIpc) is 2.93. The van der Waals surface area contributed by atoms with Gasteiger partial charge in [0, 0.05) is 23.7 Å². The fraction of sp³-hybridized carbons (Fsp3) is 0.176. The Hall–Kier alpha value is -2.62. The molecule has 4 rings (SSSR count). The van der Waals surface area contributed by atoms with Crippen molar-refractivity contribution in [3.05, 3.63) is 59.4 Å². The second kappa shape index (κ2) is 4.74. The molecular formula is C17H15N3O. The van der Waals surface area contributed by atoms with Crippen molar-refractivity contribution in [1.29, 1.82) is 0 Å². The zero-order valence-electron chi connectivity index (χ0n) is 11.8. The third-order valence-electron chi connectivity index (χ3n) is 3.89. The number of H-pyrrole nitrogens is 1. The van der Waals surface area contributed by atoms with Crippen LogP contribution >= 0.6 is 0 Å². The van der Waals surface area contributed by atoms with E-state index in [0.29, 0.717) is 0 Å². The lowest BCUT2D eigenvalue weighted by molar-refractivity contribution is 0.414. The molecular weight excluding hydrogens is 262 g/mol. The quantitative estimate of drug-likeness (QED) is 0.783. The first-order valence-electron chi connectivity index (χ1n) is 7.01. The molecule has 1 N–H and O–H groups in total. The molecule has 2 aromatic heterocycles. The van der Waals surface area contributed by atoms with E-state index >= 15 is 0 Å². The van der Waals surface area contributed by atoms with Gasteiger partial charge in [0.2, 0.25) is 0 Å². The van der Waals surface area contributed by atoms with Crippen molar-refractivity contribution in [2.45, 2.75) is 6.42 Å².